The molecule has 1 N–H and O–H groups in total. The molecule has 2 aromatic rings. The van der Waals surface area contributed by atoms with E-state index < -0.39 is 10.0 Å². The summed E-state index contributed by atoms with van der Waals surface area (Å²) < 4.78 is 26.4. The minimum absolute atomic E-state index is 0.0161. The van der Waals surface area contributed by atoms with E-state index in [1.807, 2.05) is 29.0 Å². The van der Waals surface area contributed by atoms with Crippen LogP contribution in [0.25, 0.3) is 11.5 Å². The number of piperidine rings is 1. The lowest BCUT2D eigenvalue weighted by Gasteiger charge is -2.29. The zero-order valence-electron chi connectivity index (χ0n) is 14.7. The molecule has 0 aromatic carbocycles. The molecule has 0 aliphatic carbocycles. The normalized spacial score (nSPS) is 16.5. The minimum atomic E-state index is -3.17. The van der Waals surface area contributed by atoms with Gasteiger partial charge in [-0.05, 0) is 25.0 Å². The second kappa shape index (κ2) is 7.96. The Balaban J connectivity index is 1.49. The van der Waals surface area contributed by atoms with Crippen LogP contribution in [-0.4, -0.2) is 59.1 Å². The SMILES string of the molecule is CS(=O)(=O)N1CCC(C(=O)NCCn2ccnc2-c2ccccn2)CC1. The van der Waals surface area contributed by atoms with Gasteiger partial charge in [0.2, 0.25) is 15.9 Å². The lowest BCUT2D eigenvalue weighted by molar-refractivity contribution is -0.126. The summed E-state index contributed by atoms with van der Waals surface area (Å²) in [6.07, 6.45) is 7.62. The van der Waals surface area contributed by atoms with Crippen LogP contribution in [0.5, 0.6) is 0 Å². The van der Waals surface area contributed by atoms with Crippen molar-refractivity contribution in [3.8, 4) is 11.5 Å². The minimum Gasteiger partial charge on any atom is -0.354 e. The van der Waals surface area contributed by atoms with Gasteiger partial charge in [-0.1, -0.05) is 6.07 Å². The number of nitrogens with one attached hydrogen (secondary N) is 1. The number of carbonyl (C=O) groups is 1. The van der Waals surface area contributed by atoms with Crippen molar-refractivity contribution in [3.05, 3.63) is 36.8 Å². The van der Waals surface area contributed by atoms with Crippen LogP contribution in [0.3, 0.4) is 0 Å². The number of pyridine rings is 1. The predicted octanol–water partition coefficient (Wildman–Crippen LogP) is 0.733. The number of sulfonamides is 1. The van der Waals surface area contributed by atoms with Gasteiger partial charge >= 0.3 is 0 Å². The highest BCUT2D eigenvalue weighted by Crippen LogP contribution is 2.19. The molecule has 26 heavy (non-hydrogen) atoms. The number of amides is 1. The number of imidazole rings is 1. The van der Waals surface area contributed by atoms with E-state index in [2.05, 4.69) is 15.3 Å². The Labute approximate surface area is 153 Å². The van der Waals surface area contributed by atoms with Crippen LogP contribution in [0.1, 0.15) is 12.8 Å². The smallest absolute Gasteiger partial charge is 0.223 e. The summed E-state index contributed by atoms with van der Waals surface area (Å²) in [7, 11) is -3.17. The Bertz CT molecular complexity index is 842. The fraction of sp³-hybridized carbons (Fsp3) is 0.471. The molecule has 1 fully saturated rings. The monoisotopic (exact) mass is 377 g/mol. The number of rotatable bonds is 6. The standard InChI is InChI=1S/C17H23N5O3S/c1-26(24,25)22-10-5-14(6-11-22)17(23)20-9-13-21-12-8-19-16(21)15-4-2-3-7-18-15/h2-4,7-8,12,14H,5-6,9-11,13H2,1H3,(H,20,23). The molecule has 0 radical (unpaired) electrons. The predicted molar refractivity (Wildman–Crippen MR) is 97.6 cm³/mol. The van der Waals surface area contributed by atoms with Crippen LogP contribution in [0, 0.1) is 5.92 Å². The Morgan fingerprint density at radius 1 is 1.23 bits per heavy atom. The van der Waals surface area contributed by atoms with Gasteiger partial charge < -0.3 is 9.88 Å². The van der Waals surface area contributed by atoms with Crippen LogP contribution < -0.4 is 5.32 Å². The second-order valence-electron chi connectivity index (χ2n) is 6.39. The zero-order chi connectivity index (χ0) is 18.6. The van der Waals surface area contributed by atoms with Crippen LogP contribution in [0.4, 0.5) is 0 Å². The summed E-state index contributed by atoms with van der Waals surface area (Å²) in [5.41, 5.74) is 0.789. The lowest BCUT2D eigenvalue weighted by Crippen LogP contribution is -2.43. The summed E-state index contributed by atoms with van der Waals surface area (Å²) in [6.45, 7) is 1.89. The third-order valence-corrected chi connectivity index (χ3v) is 5.86. The van der Waals surface area contributed by atoms with Crippen molar-refractivity contribution in [2.45, 2.75) is 19.4 Å². The van der Waals surface area contributed by atoms with Crippen molar-refractivity contribution in [2.75, 3.05) is 25.9 Å². The van der Waals surface area contributed by atoms with Gasteiger partial charge in [0.25, 0.3) is 0 Å². The van der Waals surface area contributed by atoms with Gasteiger partial charge in [0.15, 0.2) is 5.82 Å². The van der Waals surface area contributed by atoms with Crippen LogP contribution in [0.2, 0.25) is 0 Å². The molecule has 1 aliphatic heterocycles. The third-order valence-electron chi connectivity index (χ3n) is 4.56. The Hall–Kier alpha value is -2.26. The van der Waals surface area contributed by atoms with Crippen molar-refractivity contribution >= 4 is 15.9 Å². The topological polar surface area (TPSA) is 97.2 Å². The average molecular weight is 377 g/mol. The van der Waals surface area contributed by atoms with Gasteiger partial charge in [0.05, 0.1) is 6.26 Å². The first-order valence-corrected chi connectivity index (χ1v) is 10.5. The van der Waals surface area contributed by atoms with Crippen molar-refractivity contribution < 1.29 is 13.2 Å². The van der Waals surface area contributed by atoms with E-state index in [0.717, 1.165) is 11.5 Å². The molecule has 3 rings (SSSR count). The maximum atomic E-state index is 12.3. The largest absolute Gasteiger partial charge is 0.354 e. The number of aromatic nitrogens is 3. The van der Waals surface area contributed by atoms with Crippen LogP contribution >= 0.6 is 0 Å². The molecule has 0 bridgehead atoms. The fourth-order valence-corrected chi connectivity index (χ4v) is 3.99. The Morgan fingerprint density at radius 2 is 2.00 bits per heavy atom. The fourth-order valence-electron chi connectivity index (χ4n) is 3.11. The zero-order valence-corrected chi connectivity index (χ0v) is 15.5. The van der Waals surface area contributed by atoms with E-state index in [9.17, 15) is 13.2 Å². The molecule has 1 saturated heterocycles. The lowest BCUT2D eigenvalue weighted by atomic mass is 9.97. The van der Waals surface area contributed by atoms with Gasteiger partial charge in [-0.2, -0.15) is 0 Å². The molecule has 0 unspecified atom stereocenters. The third kappa shape index (κ3) is 4.47. The Morgan fingerprint density at radius 3 is 2.65 bits per heavy atom. The van der Waals surface area contributed by atoms with Crippen LogP contribution in [0.15, 0.2) is 36.8 Å². The molecule has 0 spiro atoms. The quantitative estimate of drug-likeness (QED) is 0.801. The molecular formula is C17H23N5O3S. The van der Waals surface area contributed by atoms with Gasteiger partial charge in [-0.15, -0.1) is 0 Å². The highest BCUT2D eigenvalue weighted by Gasteiger charge is 2.28. The molecule has 140 valence electrons. The number of hydrogen-bond donors (Lipinski definition) is 1. The number of hydrogen-bond acceptors (Lipinski definition) is 5. The van der Waals surface area contributed by atoms with E-state index in [1.165, 1.54) is 10.6 Å². The summed E-state index contributed by atoms with van der Waals surface area (Å²) in [4.78, 5) is 21.0. The number of nitrogens with zero attached hydrogens (tertiary/aromatic N) is 4. The molecule has 3 heterocycles. The maximum absolute atomic E-state index is 12.3. The van der Waals surface area contributed by atoms with Gasteiger partial charge in [-0.3, -0.25) is 9.78 Å². The maximum Gasteiger partial charge on any atom is 0.223 e. The van der Waals surface area contributed by atoms with E-state index in [4.69, 9.17) is 0 Å². The van der Waals surface area contributed by atoms with Crippen LogP contribution in [-0.2, 0) is 21.4 Å². The van der Waals surface area contributed by atoms with Crippen molar-refractivity contribution in [1.29, 1.82) is 0 Å². The first kappa shape index (κ1) is 18.5. The summed E-state index contributed by atoms with van der Waals surface area (Å²) in [5, 5.41) is 2.95. The van der Waals surface area contributed by atoms with E-state index in [0.29, 0.717) is 39.0 Å². The first-order chi connectivity index (χ1) is 12.4. The molecule has 0 saturated carbocycles. The molecule has 2 aromatic heterocycles. The average Bonchev–Trinajstić information content (AvgIpc) is 3.10. The molecule has 9 heteroatoms. The van der Waals surface area contributed by atoms with Crippen molar-refractivity contribution in [2.24, 2.45) is 5.92 Å². The highest BCUT2D eigenvalue weighted by molar-refractivity contribution is 7.88. The van der Waals surface area contributed by atoms with Crippen molar-refractivity contribution in [1.82, 2.24) is 24.2 Å². The molecule has 1 aliphatic rings. The number of carbonyl (C=O) groups excluding carboxylic acids is 1. The van der Waals surface area contributed by atoms with E-state index in [-0.39, 0.29) is 11.8 Å². The highest BCUT2D eigenvalue weighted by atomic mass is 32.2. The summed E-state index contributed by atoms with van der Waals surface area (Å²) in [5.74, 6) is 0.616. The first-order valence-electron chi connectivity index (χ1n) is 8.60. The summed E-state index contributed by atoms with van der Waals surface area (Å²) >= 11 is 0. The summed E-state index contributed by atoms with van der Waals surface area (Å²) in [6, 6.07) is 5.66. The molecule has 0 atom stereocenters. The van der Waals surface area contributed by atoms with Gasteiger partial charge in [-0.25, -0.2) is 17.7 Å². The van der Waals surface area contributed by atoms with Crippen molar-refractivity contribution in [3.63, 3.8) is 0 Å². The second-order valence-corrected chi connectivity index (χ2v) is 8.37. The molecule has 1 amide bonds. The van der Waals surface area contributed by atoms with Gasteiger partial charge in [0.1, 0.15) is 5.69 Å². The Kier molecular flexibility index (Phi) is 5.67. The molecule has 8 nitrogen and oxygen atoms in total. The van der Waals surface area contributed by atoms with Gasteiger partial charge in [0, 0.05) is 50.7 Å². The molecular weight excluding hydrogens is 354 g/mol. The van der Waals surface area contributed by atoms with E-state index >= 15 is 0 Å². The van der Waals surface area contributed by atoms with E-state index in [1.54, 1.807) is 12.4 Å².